The molecule has 2 rings (SSSR count). The first-order valence-corrected chi connectivity index (χ1v) is 7.61. The van der Waals surface area contributed by atoms with Crippen LogP contribution in [0.2, 0.25) is 0 Å². The van der Waals surface area contributed by atoms with E-state index in [4.69, 9.17) is 4.74 Å². The van der Waals surface area contributed by atoms with E-state index >= 15 is 0 Å². The van der Waals surface area contributed by atoms with Gasteiger partial charge in [0.05, 0.1) is 10.1 Å². The molecule has 0 aromatic heterocycles. The van der Waals surface area contributed by atoms with Gasteiger partial charge in [0.1, 0.15) is 11.5 Å². The number of rotatable bonds is 4. The Morgan fingerprint density at radius 3 is 1.89 bits per heavy atom. The van der Waals surface area contributed by atoms with Crippen molar-refractivity contribution in [3.63, 3.8) is 0 Å². The fourth-order valence-electron chi connectivity index (χ4n) is 1.59. The molecule has 0 amide bonds. The zero-order chi connectivity index (χ0) is 13.9. The molecule has 0 bridgehead atoms. The summed E-state index contributed by atoms with van der Waals surface area (Å²) in [6.07, 6.45) is 0. The van der Waals surface area contributed by atoms with Gasteiger partial charge in [-0.2, -0.15) is 0 Å². The first-order valence-electron chi connectivity index (χ1n) is 6.07. The summed E-state index contributed by atoms with van der Waals surface area (Å²) in [6.45, 7) is 3.34. The average molecular weight is 276 g/mol. The summed E-state index contributed by atoms with van der Waals surface area (Å²) >= 11 is 0. The van der Waals surface area contributed by atoms with Crippen LogP contribution in [0.5, 0.6) is 11.5 Å². The van der Waals surface area contributed by atoms with Crippen LogP contribution in [0.4, 0.5) is 0 Å². The molecule has 0 saturated heterocycles. The highest BCUT2D eigenvalue weighted by molar-refractivity contribution is 7.92. The topological polar surface area (TPSA) is 43.4 Å². The number of sulfone groups is 1. The van der Waals surface area contributed by atoms with Crippen LogP contribution in [0, 0.1) is 0 Å². The van der Waals surface area contributed by atoms with E-state index in [0.717, 1.165) is 5.75 Å². The minimum Gasteiger partial charge on any atom is -0.457 e. The van der Waals surface area contributed by atoms with Crippen molar-refractivity contribution in [1.82, 2.24) is 0 Å². The molecule has 0 N–H and O–H groups in total. The second kappa shape index (κ2) is 5.45. The Balaban J connectivity index is 2.20. The minimum absolute atomic E-state index is 0.322. The van der Waals surface area contributed by atoms with E-state index in [9.17, 15) is 8.42 Å². The standard InChI is InChI=1S/C15H16O3S/c1-12(2)19(16,17)15-10-8-14(9-11-15)18-13-6-4-3-5-7-13/h3-12H,1-2H3. The van der Waals surface area contributed by atoms with Gasteiger partial charge in [0, 0.05) is 0 Å². The SMILES string of the molecule is CC(C)S(=O)(=O)c1ccc(Oc2ccccc2)cc1. The zero-order valence-corrected chi connectivity index (χ0v) is 11.7. The molecule has 0 aliphatic heterocycles. The number of benzene rings is 2. The lowest BCUT2D eigenvalue weighted by atomic mass is 10.3. The molecular weight excluding hydrogens is 260 g/mol. The van der Waals surface area contributed by atoms with Gasteiger partial charge in [-0.1, -0.05) is 18.2 Å². The molecule has 2 aromatic carbocycles. The van der Waals surface area contributed by atoms with Gasteiger partial charge in [-0.3, -0.25) is 0 Å². The van der Waals surface area contributed by atoms with E-state index in [1.165, 1.54) is 0 Å². The van der Waals surface area contributed by atoms with Crippen LogP contribution in [0.15, 0.2) is 59.5 Å². The molecule has 0 heterocycles. The van der Waals surface area contributed by atoms with Crippen LogP contribution in [0.1, 0.15) is 13.8 Å². The predicted molar refractivity (Wildman–Crippen MR) is 75.3 cm³/mol. The molecule has 100 valence electrons. The third-order valence-electron chi connectivity index (χ3n) is 2.75. The van der Waals surface area contributed by atoms with Crippen molar-refractivity contribution in [2.24, 2.45) is 0 Å². The van der Waals surface area contributed by atoms with Crippen LogP contribution in [0.25, 0.3) is 0 Å². The molecule has 4 heteroatoms. The van der Waals surface area contributed by atoms with Crippen molar-refractivity contribution >= 4 is 9.84 Å². The van der Waals surface area contributed by atoms with E-state index in [-0.39, 0.29) is 0 Å². The van der Waals surface area contributed by atoms with Gasteiger partial charge < -0.3 is 4.74 Å². The van der Waals surface area contributed by atoms with Crippen molar-refractivity contribution in [3.05, 3.63) is 54.6 Å². The van der Waals surface area contributed by atoms with Crippen LogP contribution in [0.3, 0.4) is 0 Å². The van der Waals surface area contributed by atoms with Gasteiger partial charge in [0.25, 0.3) is 0 Å². The monoisotopic (exact) mass is 276 g/mol. The summed E-state index contributed by atoms with van der Waals surface area (Å²) in [5.74, 6) is 1.34. The lowest BCUT2D eigenvalue weighted by Crippen LogP contribution is -2.13. The number of ether oxygens (including phenoxy) is 1. The number of hydrogen-bond donors (Lipinski definition) is 0. The maximum Gasteiger partial charge on any atom is 0.180 e. The second-order valence-corrected chi connectivity index (χ2v) is 6.98. The maximum atomic E-state index is 12.0. The van der Waals surface area contributed by atoms with Crippen molar-refractivity contribution in [2.75, 3.05) is 0 Å². The molecule has 19 heavy (non-hydrogen) atoms. The minimum atomic E-state index is -3.22. The van der Waals surface area contributed by atoms with Crippen LogP contribution >= 0.6 is 0 Å². The Kier molecular flexibility index (Phi) is 3.90. The van der Waals surface area contributed by atoms with E-state index in [0.29, 0.717) is 10.6 Å². The summed E-state index contributed by atoms with van der Waals surface area (Å²) < 4.78 is 29.5. The summed E-state index contributed by atoms with van der Waals surface area (Å²) in [7, 11) is -3.22. The smallest absolute Gasteiger partial charge is 0.180 e. The number of para-hydroxylation sites is 1. The Labute approximate surface area is 113 Å². The van der Waals surface area contributed by atoms with Crippen molar-refractivity contribution in [2.45, 2.75) is 24.0 Å². The van der Waals surface area contributed by atoms with Gasteiger partial charge in [0.2, 0.25) is 0 Å². The summed E-state index contributed by atoms with van der Waals surface area (Å²) in [5.41, 5.74) is 0. The third kappa shape index (κ3) is 3.15. The second-order valence-electron chi connectivity index (χ2n) is 4.48. The van der Waals surface area contributed by atoms with E-state index < -0.39 is 15.1 Å². The van der Waals surface area contributed by atoms with Crippen LogP contribution < -0.4 is 4.74 Å². The van der Waals surface area contributed by atoms with Crippen LogP contribution in [-0.2, 0) is 9.84 Å². The Hall–Kier alpha value is -1.81. The molecule has 0 spiro atoms. The molecule has 0 fully saturated rings. The molecule has 0 radical (unpaired) electrons. The van der Waals surface area contributed by atoms with Crippen molar-refractivity contribution in [3.8, 4) is 11.5 Å². The molecule has 3 nitrogen and oxygen atoms in total. The summed E-state index contributed by atoms with van der Waals surface area (Å²) in [4.78, 5) is 0.322. The highest BCUT2D eigenvalue weighted by Crippen LogP contribution is 2.24. The van der Waals surface area contributed by atoms with Gasteiger partial charge in [0.15, 0.2) is 9.84 Å². The fourth-order valence-corrected chi connectivity index (χ4v) is 2.65. The first-order chi connectivity index (χ1) is 9.00. The Bertz CT molecular complexity index is 629. The van der Waals surface area contributed by atoms with Crippen molar-refractivity contribution in [1.29, 1.82) is 0 Å². The van der Waals surface area contributed by atoms with Gasteiger partial charge >= 0.3 is 0 Å². The number of hydrogen-bond acceptors (Lipinski definition) is 3. The Morgan fingerprint density at radius 1 is 0.842 bits per heavy atom. The lowest BCUT2D eigenvalue weighted by molar-refractivity contribution is 0.482. The van der Waals surface area contributed by atoms with E-state index in [1.54, 1.807) is 38.1 Å². The fraction of sp³-hybridized carbons (Fsp3) is 0.200. The van der Waals surface area contributed by atoms with E-state index in [2.05, 4.69) is 0 Å². The molecular formula is C15H16O3S. The van der Waals surface area contributed by atoms with Gasteiger partial charge in [-0.05, 0) is 50.2 Å². The van der Waals surface area contributed by atoms with E-state index in [1.807, 2.05) is 30.3 Å². The molecule has 0 saturated carbocycles. The molecule has 0 aliphatic rings. The highest BCUT2D eigenvalue weighted by atomic mass is 32.2. The summed E-state index contributed by atoms with van der Waals surface area (Å²) in [5, 5.41) is -0.423. The first kappa shape index (κ1) is 13.6. The molecule has 2 aromatic rings. The average Bonchev–Trinajstić information content (AvgIpc) is 2.40. The van der Waals surface area contributed by atoms with Crippen LogP contribution in [-0.4, -0.2) is 13.7 Å². The summed E-state index contributed by atoms with van der Waals surface area (Å²) in [6, 6.07) is 15.9. The van der Waals surface area contributed by atoms with Crippen molar-refractivity contribution < 1.29 is 13.2 Å². The Morgan fingerprint density at radius 2 is 1.37 bits per heavy atom. The zero-order valence-electron chi connectivity index (χ0n) is 10.9. The highest BCUT2D eigenvalue weighted by Gasteiger charge is 2.18. The largest absolute Gasteiger partial charge is 0.457 e. The molecule has 0 atom stereocenters. The molecule has 0 aliphatic carbocycles. The van der Waals surface area contributed by atoms with Gasteiger partial charge in [-0.25, -0.2) is 8.42 Å². The predicted octanol–water partition coefficient (Wildman–Crippen LogP) is 3.66. The quantitative estimate of drug-likeness (QED) is 0.856. The van der Waals surface area contributed by atoms with Gasteiger partial charge in [-0.15, -0.1) is 0 Å². The lowest BCUT2D eigenvalue weighted by Gasteiger charge is -2.09. The molecule has 0 unspecified atom stereocenters. The third-order valence-corrected chi connectivity index (χ3v) is 4.92. The normalized spacial score (nSPS) is 11.5. The maximum absolute atomic E-state index is 12.0.